The fraction of sp³-hybridized carbons (Fsp3) is 0.538. The van der Waals surface area contributed by atoms with E-state index in [-0.39, 0.29) is 11.1 Å². The second kappa shape index (κ2) is 5.39. The van der Waals surface area contributed by atoms with Crippen LogP contribution in [0.2, 0.25) is 0 Å². The Kier molecular flexibility index (Phi) is 4.42. The zero-order chi connectivity index (χ0) is 12.2. The first-order valence-corrected chi connectivity index (χ1v) is 5.50. The number of hydrogen-bond acceptors (Lipinski definition) is 1. The number of hydrogen-bond donors (Lipinski definition) is 1. The second-order valence-electron chi connectivity index (χ2n) is 4.97. The van der Waals surface area contributed by atoms with Gasteiger partial charge in [-0.15, -0.1) is 0 Å². The van der Waals surface area contributed by atoms with Crippen molar-refractivity contribution in [2.45, 2.75) is 39.2 Å². The third-order valence-corrected chi connectivity index (χ3v) is 2.30. The van der Waals surface area contributed by atoms with Gasteiger partial charge in [0.05, 0.1) is 0 Å². The first kappa shape index (κ1) is 13.1. The molecule has 1 rings (SSSR count). The predicted octanol–water partition coefficient (Wildman–Crippen LogP) is 3.55. The van der Waals surface area contributed by atoms with Crippen LogP contribution >= 0.6 is 0 Å². The first-order chi connectivity index (χ1) is 7.38. The topological polar surface area (TPSA) is 12.0 Å². The molecule has 3 heteroatoms. The molecule has 0 heterocycles. The second-order valence-corrected chi connectivity index (χ2v) is 4.97. The van der Waals surface area contributed by atoms with Crippen molar-refractivity contribution in [2.75, 3.05) is 6.54 Å². The van der Waals surface area contributed by atoms with Crippen molar-refractivity contribution >= 4 is 0 Å². The van der Waals surface area contributed by atoms with Gasteiger partial charge in [0, 0.05) is 11.1 Å². The van der Waals surface area contributed by atoms with Crippen LogP contribution in [0, 0.1) is 0 Å². The molecule has 0 aliphatic heterocycles. The summed E-state index contributed by atoms with van der Waals surface area (Å²) in [6, 6.07) is 6.53. The number of nitrogens with one attached hydrogen (secondary N) is 1. The Bertz CT molecular complexity index is 312. The predicted molar refractivity (Wildman–Crippen MR) is 62.9 cm³/mol. The van der Waals surface area contributed by atoms with Crippen LogP contribution < -0.4 is 5.32 Å². The Labute approximate surface area is 95.9 Å². The van der Waals surface area contributed by atoms with Gasteiger partial charge in [0.15, 0.2) is 0 Å². The van der Waals surface area contributed by atoms with E-state index >= 15 is 0 Å². The molecule has 1 N–H and O–H groups in total. The quantitative estimate of drug-likeness (QED) is 0.829. The van der Waals surface area contributed by atoms with E-state index in [1.165, 1.54) is 12.1 Å². The van der Waals surface area contributed by atoms with E-state index in [0.717, 1.165) is 18.5 Å². The third kappa shape index (κ3) is 4.71. The van der Waals surface area contributed by atoms with Gasteiger partial charge in [-0.25, -0.2) is 8.78 Å². The van der Waals surface area contributed by atoms with Crippen LogP contribution in [-0.2, 0) is 6.42 Å². The van der Waals surface area contributed by atoms with Gasteiger partial charge in [-0.3, -0.25) is 0 Å². The molecule has 1 nitrogen and oxygen atoms in total. The van der Waals surface area contributed by atoms with Gasteiger partial charge in [-0.05, 0) is 39.3 Å². The minimum Gasteiger partial charge on any atom is -0.312 e. The fourth-order valence-corrected chi connectivity index (χ4v) is 1.41. The standard InChI is InChI=1S/C13H19F2N/c1-13(2,3)16-9-8-10-4-6-11(7-5-10)12(14)15/h4-7,12,16H,8-9H2,1-3H3. The summed E-state index contributed by atoms with van der Waals surface area (Å²) in [6.45, 7) is 7.17. The summed E-state index contributed by atoms with van der Waals surface area (Å²) in [5, 5.41) is 3.36. The lowest BCUT2D eigenvalue weighted by molar-refractivity contribution is 0.151. The number of rotatable bonds is 4. The van der Waals surface area contributed by atoms with Gasteiger partial charge in [0.25, 0.3) is 6.43 Å². The molecule has 1 aromatic carbocycles. The maximum Gasteiger partial charge on any atom is 0.263 e. The van der Waals surface area contributed by atoms with Crippen molar-refractivity contribution in [3.8, 4) is 0 Å². The van der Waals surface area contributed by atoms with Gasteiger partial charge in [-0.2, -0.15) is 0 Å². The maximum atomic E-state index is 12.3. The molecule has 0 spiro atoms. The highest BCUT2D eigenvalue weighted by molar-refractivity contribution is 5.23. The molecular weight excluding hydrogens is 208 g/mol. The largest absolute Gasteiger partial charge is 0.312 e. The average Bonchev–Trinajstić information content (AvgIpc) is 2.16. The number of alkyl halides is 2. The maximum absolute atomic E-state index is 12.3. The summed E-state index contributed by atoms with van der Waals surface area (Å²) in [5.41, 5.74) is 1.27. The van der Waals surface area contributed by atoms with Crippen LogP contribution in [-0.4, -0.2) is 12.1 Å². The van der Waals surface area contributed by atoms with Crippen LogP contribution in [0.1, 0.15) is 38.3 Å². The van der Waals surface area contributed by atoms with Crippen LogP contribution in [0.4, 0.5) is 8.78 Å². The molecule has 0 radical (unpaired) electrons. The first-order valence-electron chi connectivity index (χ1n) is 5.50. The third-order valence-electron chi connectivity index (χ3n) is 2.30. The van der Waals surface area contributed by atoms with E-state index < -0.39 is 6.43 Å². The Morgan fingerprint density at radius 3 is 2.12 bits per heavy atom. The van der Waals surface area contributed by atoms with Crippen LogP contribution in [0.15, 0.2) is 24.3 Å². The lowest BCUT2D eigenvalue weighted by atomic mass is 10.1. The molecule has 0 atom stereocenters. The van der Waals surface area contributed by atoms with E-state index in [4.69, 9.17) is 0 Å². The number of benzene rings is 1. The minimum absolute atomic E-state index is 0.0903. The van der Waals surface area contributed by atoms with Crippen molar-refractivity contribution in [3.05, 3.63) is 35.4 Å². The highest BCUT2D eigenvalue weighted by Gasteiger charge is 2.08. The fourth-order valence-electron chi connectivity index (χ4n) is 1.41. The molecule has 90 valence electrons. The van der Waals surface area contributed by atoms with Gasteiger partial charge in [-0.1, -0.05) is 24.3 Å². The van der Waals surface area contributed by atoms with Crippen molar-refractivity contribution in [1.29, 1.82) is 0 Å². The SMILES string of the molecule is CC(C)(C)NCCc1ccc(C(F)F)cc1. The van der Waals surface area contributed by atoms with Crippen LogP contribution in [0.3, 0.4) is 0 Å². The molecule has 1 aromatic rings. The molecule has 0 fully saturated rings. The summed E-state index contributed by atoms with van der Waals surface area (Å²) in [6.07, 6.45) is -1.51. The monoisotopic (exact) mass is 227 g/mol. The minimum atomic E-state index is -2.37. The summed E-state index contributed by atoms with van der Waals surface area (Å²) in [5.74, 6) is 0. The number of halogens is 2. The van der Waals surface area contributed by atoms with Gasteiger partial charge < -0.3 is 5.32 Å². The molecule has 0 saturated carbocycles. The lowest BCUT2D eigenvalue weighted by Crippen LogP contribution is -2.37. The van der Waals surface area contributed by atoms with Crippen LogP contribution in [0.5, 0.6) is 0 Å². The van der Waals surface area contributed by atoms with E-state index in [2.05, 4.69) is 26.1 Å². The smallest absolute Gasteiger partial charge is 0.263 e. The Balaban J connectivity index is 2.44. The molecule has 0 saturated heterocycles. The van der Waals surface area contributed by atoms with Gasteiger partial charge in [0.2, 0.25) is 0 Å². The summed E-state index contributed by atoms with van der Waals surface area (Å²) < 4.78 is 24.6. The van der Waals surface area contributed by atoms with E-state index in [1.807, 2.05) is 0 Å². The molecule has 16 heavy (non-hydrogen) atoms. The van der Waals surface area contributed by atoms with Crippen molar-refractivity contribution in [1.82, 2.24) is 5.32 Å². The summed E-state index contributed by atoms with van der Waals surface area (Å²) in [7, 11) is 0. The molecule has 0 aromatic heterocycles. The highest BCUT2D eigenvalue weighted by atomic mass is 19.3. The molecule has 0 bridgehead atoms. The van der Waals surface area contributed by atoms with Gasteiger partial charge in [0.1, 0.15) is 0 Å². The summed E-state index contributed by atoms with van der Waals surface area (Å²) in [4.78, 5) is 0. The molecular formula is C13H19F2N. The molecule has 0 amide bonds. The zero-order valence-corrected chi connectivity index (χ0v) is 10.1. The summed E-state index contributed by atoms with van der Waals surface area (Å²) >= 11 is 0. The lowest BCUT2D eigenvalue weighted by Gasteiger charge is -2.20. The molecule has 0 aliphatic carbocycles. The van der Waals surface area contributed by atoms with Gasteiger partial charge >= 0.3 is 0 Å². The molecule has 0 aliphatic rings. The average molecular weight is 227 g/mol. The van der Waals surface area contributed by atoms with E-state index in [9.17, 15) is 8.78 Å². The Morgan fingerprint density at radius 2 is 1.69 bits per heavy atom. The highest BCUT2D eigenvalue weighted by Crippen LogP contribution is 2.18. The van der Waals surface area contributed by atoms with Crippen molar-refractivity contribution in [2.24, 2.45) is 0 Å². The zero-order valence-electron chi connectivity index (χ0n) is 10.1. The Morgan fingerprint density at radius 1 is 1.12 bits per heavy atom. The normalized spacial score (nSPS) is 12.1. The van der Waals surface area contributed by atoms with Crippen LogP contribution in [0.25, 0.3) is 0 Å². The van der Waals surface area contributed by atoms with Crippen molar-refractivity contribution < 1.29 is 8.78 Å². The van der Waals surface area contributed by atoms with E-state index in [0.29, 0.717) is 0 Å². The Hall–Kier alpha value is -0.960. The van der Waals surface area contributed by atoms with Crippen molar-refractivity contribution in [3.63, 3.8) is 0 Å². The molecule has 0 unspecified atom stereocenters. The van der Waals surface area contributed by atoms with E-state index in [1.54, 1.807) is 12.1 Å².